The first kappa shape index (κ1) is 15.5. The molecular formula is C16H24N2O3. The van der Waals surface area contributed by atoms with E-state index in [9.17, 15) is 4.79 Å². The van der Waals surface area contributed by atoms with Crippen LogP contribution in [0.2, 0.25) is 0 Å². The van der Waals surface area contributed by atoms with E-state index in [4.69, 9.17) is 9.47 Å². The van der Waals surface area contributed by atoms with Gasteiger partial charge in [-0.15, -0.1) is 0 Å². The molecule has 0 saturated carbocycles. The van der Waals surface area contributed by atoms with E-state index in [0.717, 1.165) is 32.2 Å². The van der Waals surface area contributed by atoms with E-state index in [-0.39, 0.29) is 6.03 Å². The predicted octanol–water partition coefficient (Wildman–Crippen LogP) is 3.50. The van der Waals surface area contributed by atoms with Crippen molar-refractivity contribution < 1.29 is 14.3 Å². The second kappa shape index (κ2) is 7.20. The summed E-state index contributed by atoms with van der Waals surface area (Å²) in [5.74, 6) is 1.33. The number of rotatable bonds is 5. The van der Waals surface area contributed by atoms with Gasteiger partial charge < -0.3 is 19.7 Å². The number of benzene rings is 1. The van der Waals surface area contributed by atoms with Crippen molar-refractivity contribution in [3.63, 3.8) is 0 Å². The Hall–Kier alpha value is -1.91. The van der Waals surface area contributed by atoms with Gasteiger partial charge in [-0.3, -0.25) is 0 Å². The molecule has 1 unspecified atom stereocenters. The molecule has 0 bridgehead atoms. The van der Waals surface area contributed by atoms with E-state index < -0.39 is 0 Å². The molecule has 1 atom stereocenters. The van der Waals surface area contributed by atoms with Crippen LogP contribution in [0.25, 0.3) is 0 Å². The van der Waals surface area contributed by atoms with Crippen LogP contribution in [0.15, 0.2) is 18.2 Å². The highest BCUT2D eigenvalue weighted by molar-refractivity contribution is 5.91. The number of urea groups is 1. The molecule has 2 rings (SSSR count). The van der Waals surface area contributed by atoms with Gasteiger partial charge in [0.25, 0.3) is 0 Å². The molecule has 1 aromatic rings. The van der Waals surface area contributed by atoms with Crippen molar-refractivity contribution in [2.75, 3.05) is 26.1 Å². The van der Waals surface area contributed by atoms with Crippen LogP contribution < -0.4 is 14.8 Å². The zero-order valence-electron chi connectivity index (χ0n) is 13.0. The zero-order valence-corrected chi connectivity index (χ0v) is 13.0. The second-order valence-electron chi connectivity index (χ2n) is 5.27. The van der Waals surface area contributed by atoms with Gasteiger partial charge in [0.15, 0.2) is 0 Å². The summed E-state index contributed by atoms with van der Waals surface area (Å²) in [5.41, 5.74) is 0.643. The lowest BCUT2D eigenvalue weighted by Crippen LogP contribution is -2.38. The Labute approximate surface area is 126 Å². The quantitative estimate of drug-likeness (QED) is 0.903. The van der Waals surface area contributed by atoms with Crippen LogP contribution >= 0.6 is 0 Å². The Kier molecular flexibility index (Phi) is 5.31. The molecule has 21 heavy (non-hydrogen) atoms. The zero-order chi connectivity index (χ0) is 15.2. The Morgan fingerprint density at radius 3 is 2.86 bits per heavy atom. The minimum absolute atomic E-state index is 0.0579. The maximum Gasteiger partial charge on any atom is 0.322 e. The largest absolute Gasteiger partial charge is 0.497 e. The third kappa shape index (κ3) is 3.60. The van der Waals surface area contributed by atoms with Gasteiger partial charge in [-0.25, -0.2) is 4.79 Å². The van der Waals surface area contributed by atoms with Crippen LogP contribution in [-0.2, 0) is 0 Å². The number of amides is 2. The fourth-order valence-electron chi connectivity index (χ4n) is 2.84. The molecule has 1 heterocycles. The maximum atomic E-state index is 12.5. The molecule has 116 valence electrons. The molecule has 0 radical (unpaired) electrons. The van der Waals surface area contributed by atoms with Crippen molar-refractivity contribution in [3.05, 3.63) is 18.2 Å². The number of hydrogen-bond donors (Lipinski definition) is 1. The highest BCUT2D eigenvalue weighted by Gasteiger charge is 2.28. The van der Waals surface area contributed by atoms with Gasteiger partial charge in [0.05, 0.1) is 19.9 Å². The summed E-state index contributed by atoms with van der Waals surface area (Å²) in [6, 6.07) is 5.68. The molecule has 1 aromatic carbocycles. The smallest absolute Gasteiger partial charge is 0.322 e. The molecule has 1 aliphatic heterocycles. The molecule has 1 saturated heterocycles. The van der Waals surface area contributed by atoms with Crippen molar-refractivity contribution in [2.24, 2.45) is 0 Å². The van der Waals surface area contributed by atoms with Gasteiger partial charge in [0.1, 0.15) is 11.5 Å². The first-order valence-corrected chi connectivity index (χ1v) is 7.49. The molecule has 1 aliphatic rings. The summed E-state index contributed by atoms with van der Waals surface area (Å²) >= 11 is 0. The lowest BCUT2D eigenvalue weighted by Gasteiger charge is -2.25. The normalized spacial score (nSPS) is 17.7. The Morgan fingerprint density at radius 2 is 2.19 bits per heavy atom. The number of carbonyl (C=O) groups excluding carboxylic acids is 1. The van der Waals surface area contributed by atoms with Crippen molar-refractivity contribution in [1.82, 2.24) is 4.90 Å². The van der Waals surface area contributed by atoms with Gasteiger partial charge in [-0.05, 0) is 31.4 Å². The van der Waals surface area contributed by atoms with E-state index in [2.05, 4.69) is 12.2 Å². The van der Waals surface area contributed by atoms with E-state index >= 15 is 0 Å². The van der Waals surface area contributed by atoms with Gasteiger partial charge >= 0.3 is 6.03 Å². The molecule has 2 amide bonds. The Bertz CT molecular complexity index is 490. The average molecular weight is 292 g/mol. The highest BCUT2D eigenvalue weighted by Crippen LogP contribution is 2.30. The molecular weight excluding hydrogens is 268 g/mol. The lowest BCUT2D eigenvalue weighted by atomic mass is 10.1. The van der Waals surface area contributed by atoms with Gasteiger partial charge in [0, 0.05) is 18.7 Å². The van der Waals surface area contributed by atoms with Crippen LogP contribution in [0.3, 0.4) is 0 Å². The predicted molar refractivity (Wildman–Crippen MR) is 83.2 cm³/mol. The molecule has 5 nitrogen and oxygen atoms in total. The summed E-state index contributed by atoms with van der Waals surface area (Å²) in [6.45, 7) is 2.97. The Morgan fingerprint density at radius 1 is 1.38 bits per heavy atom. The van der Waals surface area contributed by atoms with E-state index in [1.807, 2.05) is 11.0 Å². The monoisotopic (exact) mass is 292 g/mol. The minimum Gasteiger partial charge on any atom is -0.497 e. The van der Waals surface area contributed by atoms with Crippen LogP contribution in [0.5, 0.6) is 11.5 Å². The Balaban J connectivity index is 2.11. The van der Waals surface area contributed by atoms with E-state index in [0.29, 0.717) is 23.2 Å². The summed E-state index contributed by atoms with van der Waals surface area (Å²) in [5, 5.41) is 2.95. The summed E-state index contributed by atoms with van der Waals surface area (Å²) in [4.78, 5) is 14.4. The SMILES string of the molecule is CCCC1CCCN1C(=O)Nc1cc(OC)ccc1OC. The third-order valence-corrected chi connectivity index (χ3v) is 3.91. The van der Waals surface area contributed by atoms with E-state index in [1.165, 1.54) is 0 Å². The average Bonchev–Trinajstić information content (AvgIpc) is 2.96. The fraction of sp³-hybridized carbons (Fsp3) is 0.562. The number of nitrogens with zero attached hydrogens (tertiary/aromatic N) is 1. The molecule has 0 aliphatic carbocycles. The van der Waals surface area contributed by atoms with Crippen molar-refractivity contribution in [2.45, 2.75) is 38.6 Å². The first-order chi connectivity index (χ1) is 10.2. The third-order valence-electron chi connectivity index (χ3n) is 3.91. The first-order valence-electron chi connectivity index (χ1n) is 7.49. The van der Waals surface area contributed by atoms with Gasteiger partial charge in [-0.1, -0.05) is 13.3 Å². The standard InChI is InChI=1S/C16H24N2O3/c1-4-6-12-7-5-10-18(12)16(19)17-14-11-13(20-2)8-9-15(14)21-3/h8-9,11-12H,4-7,10H2,1-3H3,(H,17,19). The maximum absolute atomic E-state index is 12.5. The molecule has 5 heteroatoms. The molecule has 1 fully saturated rings. The number of carbonyl (C=O) groups is 1. The lowest BCUT2D eigenvalue weighted by molar-refractivity contribution is 0.203. The number of ether oxygens (including phenoxy) is 2. The van der Waals surface area contributed by atoms with Crippen LogP contribution in [0, 0.1) is 0 Å². The summed E-state index contributed by atoms with van der Waals surface area (Å²) in [7, 11) is 3.19. The number of methoxy groups -OCH3 is 2. The van der Waals surface area contributed by atoms with Crippen LogP contribution in [-0.4, -0.2) is 37.7 Å². The molecule has 0 aromatic heterocycles. The topological polar surface area (TPSA) is 50.8 Å². The molecule has 1 N–H and O–H groups in total. The number of anilines is 1. The van der Waals surface area contributed by atoms with Gasteiger partial charge in [0.2, 0.25) is 0 Å². The summed E-state index contributed by atoms with van der Waals surface area (Å²) < 4.78 is 10.5. The van der Waals surface area contributed by atoms with Crippen molar-refractivity contribution in [1.29, 1.82) is 0 Å². The second-order valence-corrected chi connectivity index (χ2v) is 5.27. The van der Waals surface area contributed by atoms with Crippen LogP contribution in [0.4, 0.5) is 10.5 Å². The number of hydrogen-bond acceptors (Lipinski definition) is 3. The number of likely N-dealkylation sites (tertiary alicyclic amines) is 1. The van der Waals surface area contributed by atoms with Gasteiger partial charge in [-0.2, -0.15) is 0 Å². The van der Waals surface area contributed by atoms with Crippen molar-refractivity contribution >= 4 is 11.7 Å². The highest BCUT2D eigenvalue weighted by atomic mass is 16.5. The van der Waals surface area contributed by atoms with Crippen molar-refractivity contribution in [3.8, 4) is 11.5 Å². The number of nitrogens with one attached hydrogen (secondary N) is 1. The summed E-state index contributed by atoms with van der Waals surface area (Å²) in [6.07, 6.45) is 4.32. The minimum atomic E-state index is -0.0579. The van der Waals surface area contributed by atoms with Crippen LogP contribution in [0.1, 0.15) is 32.6 Å². The molecule has 0 spiro atoms. The fourth-order valence-corrected chi connectivity index (χ4v) is 2.84. The van der Waals surface area contributed by atoms with E-state index in [1.54, 1.807) is 26.4 Å².